The Morgan fingerprint density at radius 2 is 2.23 bits per heavy atom. The first kappa shape index (κ1) is 16.4. The van der Waals surface area contributed by atoms with Gasteiger partial charge in [-0.1, -0.05) is 30.0 Å². The Morgan fingerprint density at radius 1 is 1.45 bits per heavy atom. The molecule has 0 fully saturated rings. The fourth-order valence-electron chi connectivity index (χ4n) is 1.96. The van der Waals surface area contributed by atoms with Gasteiger partial charge in [0.25, 0.3) is 0 Å². The molecule has 2 aromatic rings. The fraction of sp³-hybridized carbons (Fsp3) is 0.429. The van der Waals surface area contributed by atoms with Crippen LogP contribution >= 0.6 is 11.8 Å². The first-order chi connectivity index (χ1) is 10.6. The molecule has 0 aliphatic heterocycles. The molecule has 0 saturated heterocycles. The maximum atomic E-state index is 11.9. The number of aromatic nitrogens is 4. The van der Waals surface area contributed by atoms with E-state index in [0.29, 0.717) is 11.8 Å². The van der Waals surface area contributed by atoms with E-state index >= 15 is 0 Å². The maximum absolute atomic E-state index is 11.9. The second-order valence-corrected chi connectivity index (χ2v) is 5.81. The lowest BCUT2D eigenvalue weighted by Crippen LogP contribution is -2.36. The van der Waals surface area contributed by atoms with Crippen molar-refractivity contribution in [2.45, 2.75) is 25.0 Å². The number of ether oxygens (including phenoxy) is 1. The van der Waals surface area contributed by atoms with Gasteiger partial charge in [-0.15, -0.1) is 5.10 Å². The van der Waals surface area contributed by atoms with Gasteiger partial charge < -0.3 is 10.1 Å². The van der Waals surface area contributed by atoms with Crippen LogP contribution in [-0.2, 0) is 9.53 Å². The van der Waals surface area contributed by atoms with E-state index < -0.39 is 0 Å². The van der Waals surface area contributed by atoms with E-state index in [1.54, 1.807) is 11.8 Å². The zero-order valence-corrected chi connectivity index (χ0v) is 13.6. The predicted molar refractivity (Wildman–Crippen MR) is 84.1 cm³/mol. The van der Waals surface area contributed by atoms with Crippen LogP contribution in [0.2, 0.25) is 0 Å². The van der Waals surface area contributed by atoms with Crippen molar-refractivity contribution in [3.63, 3.8) is 0 Å². The monoisotopic (exact) mass is 321 g/mol. The van der Waals surface area contributed by atoms with E-state index in [1.165, 1.54) is 11.8 Å². The number of hydrogen-bond donors (Lipinski definition) is 1. The zero-order valence-electron chi connectivity index (χ0n) is 12.8. The minimum Gasteiger partial charge on any atom is -0.383 e. The van der Waals surface area contributed by atoms with Crippen molar-refractivity contribution in [2.24, 2.45) is 0 Å². The van der Waals surface area contributed by atoms with Gasteiger partial charge in [0.1, 0.15) is 0 Å². The highest BCUT2D eigenvalue weighted by Crippen LogP contribution is 2.20. The average molecular weight is 321 g/mol. The summed E-state index contributed by atoms with van der Waals surface area (Å²) in [4.78, 5) is 11.9. The Kier molecular flexibility index (Phi) is 5.91. The summed E-state index contributed by atoms with van der Waals surface area (Å²) in [6.45, 7) is 4.37. The first-order valence-corrected chi connectivity index (χ1v) is 7.86. The molecule has 1 aromatic carbocycles. The Bertz CT molecular complexity index is 631. The molecule has 22 heavy (non-hydrogen) atoms. The van der Waals surface area contributed by atoms with Gasteiger partial charge in [-0.25, -0.2) is 0 Å². The Balaban J connectivity index is 1.99. The number of benzene rings is 1. The molecule has 7 nitrogen and oxygen atoms in total. The van der Waals surface area contributed by atoms with Gasteiger partial charge in [0.05, 0.1) is 18.0 Å². The molecule has 0 unspecified atom stereocenters. The van der Waals surface area contributed by atoms with Crippen molar-refractivity contribution < 1.29 is 9.53 Å². The van der Waals surface area contributed by atoms with Crippen molar-refractivity contribution in [1.29, 1.82) is 0 Å². The van der Waals surface area contributed by atoms with Crippen LogP contribution < -0.4 is 5.32 Å². The number of tetrazole rings is 1. The number of carbonyl (C=O) groups is 1. The van der Waals surface area contributed by atoms with Gasteiger partial charge in [0.15, 0.2) is 0 Å². The van der Waals surface area contributed by atoms with Crippen molar-refractivity contribution in [2.75, 3.05) is 19.5 Å². The van der Waals surface area contributed by atoms with Gasteiger partial charge in [-0.3, -0.25) is 4.79 Å². The topological polar surface area (TPSA) is 81.9 Å². The number of aryl methyl sites for hydroxylation is 1. The molecule has 0 aliphatic carbocycles. The minimum absolute atomic E-state index is 0.0227. The van der Waals surface area contributed by atoms with Gasteiger partial charge in [-0.2, -0.15) is 4.68 Å². The van der Waals surface area contributed by atoms with Crippen LogP contribution in [0.5, 0.6) is 0 Å². The first-order valence-electron chi connectivity index (χ1n) is 6.87. The summed E-state index contributed by atoms with van der Waals surface area (Å²) in [5.41, 5.74) is 1.97. The third-order valence-corrected chi connectivity index (χ3v) is 3.86. The number of thioether (sulfide) groups is 1. The van der Waals surface area contributed by atoms with E-state index in [4.69, 9.17) is 4.74 Å². The zero-order chi connectivity index (χ0) is 15.9. The third kappa shape index (κ3) is 4.28. The molecule has 118 valence electrons. The van der Waals surface area contributed by atoms with Crippen molar-refractivity contribution in [1.82, 2.24) is 25.5 Å². The number of carbonyl (C=O) groups excluding carboxylic acids is 1. The van der Waals surface area contributed by atoms with Crippen LogP contribution in [0.15, 0.2) is 29.4 Å². The van der Waals surface area contributed by atoms with Gasteiger partial charge in [0, 0.05) is 13.2 Å². The lowest BCUT2D eigenvalue weighted by molar-refractivity contribution is -0.119. The molecule has 0 radical (unpaired) electrons. The number of para-hydroxylation sites is 1. The van der Waals surface area contributed by atoms with Crippen molar-refractivity contribution in [3.8, 4) is 5.69 Å². The normalized spacial score (nSPS) is 12.1. The van der Waals surface area contributed by atoms with Gasteiger partial charge in [0.2, 0.25) is 11.1 Å². The third-order valence-electron chi connectivity index (χ3n) is 2.94. The lowest BCUT2D eigenvalue weighted by atomic mass is 10.2. The molecule has 0 bridgehead atoms. The smallest absolute Gasteiger partial charge is 0.230 e. The molecule has 1 amide bonds. The Morgan fingerprint density at radius 3 is 2.95 bits per heavy atom. The molecule has 1 heterocycles. The van der Waals surface area contributed by atoms with Crippen LogP contribution in [0.25, 0.3) is 5.69 Å². The lowest BCUT2D eigenvalue weighted by Gasteiger charge is -2.12. The molecule has 1 N–H and O–H groups in total. The van der Waals surface area contributed by atoms with Gasteiger partial charge >= 0.3 is 0 Å². The molecule has 8 heteroatoms. The second kappa shape index (κ2) is 7.90. The maximum Gasteiger partial charge on any atom is 0.230 e. The van der Waals surface area contributed by atoms with E-state index in [0.717, 1.165) is 11.3 Å². The quantitative estimate of drug-likeness (QED) is 0.772. The summed E-state index contributed by atoms with van der Waals surface area (Å²) in [5, 5.41) is 15.1. The van der Waals surface area contributed by atoms with Crippen LogP contribution in [0.1, 0.15) is 12.5 Å². The van der Waals surface area contributed by atoms with E-state index in [1.807, 2.05) is 38.1 Å². The van der Waals surface area contributed by atoms with Crippen molar-refractivity contribution in [3.05, 3.63) is 29.8 Å². The molecule has 2 rings (SSSR count). The van der Waals surface area contributed by atoms with Crippen molar-refractivity contribution >= 4 is 17.7 Å². The molecule has 1 aromatic heterocycles. The van der Waals surface area contributed by atoms with Crippen LogP contribution in [0.4, 0.5) is 0 Å². The highest BCUT2D eigenvalue weighted by molar-refractivity contribution is 7.99. The fourth-order valence-corrected chi connectivity index (χ4v) is 2.65. The number of nitrogens with zero attached hydrogens (tertiary/aromatic N) is 4. The average Bonchev–Trinajstić information content (AvgIpc) is 2.94. The molecule has 0 saturated carbocycles. The summed E-state index contributed by atoms with van der Waals surface area (Å²) in [7, 11) is 1.60. The summed E-state index contributed by atoms with van der Waals surface area (Å²) in [6, 6.07) is 7.80. The van der Waals surface area contributed by atoms with E-state index in [-0.39, 0.29) is 17.7 Å². The summed E-state index contributed by atoms with van der Waals surface area (Å²) >= 11 is 1.30. The number of hydrogen-bond acceptors (Lipinski definition) is 6. The molecule has 0 spiro atoms. The van der Waals surface area contributed by atoms with E-state index in [9.17, 15) is 4.79 Å². The SMILES string of the molecule is COC[C@H](C)NC(=O)CSc1nnnn1-c1ccccc1C. The minimum atomic E-state index is -0.0751. The van der Waals surface area contributed by atoms with Gasteiger partial charge in [-0.05, 0) is 35.9 Å². The number of amides is 1. The number of nitrogens with one attached hydrogen (secondary N) is 1. The Labute approximate surface area is 133 Å². The molecular weight excluding hydrogens is 302 g/mol. The van der Waals surface area contributed by atoms with E-state index in [2.05, 4.69) is 20.8 Å². The number of rotatable bonds is 7. The highest BCUT2D eigenvalue weighted by Gasteiger charge is 2.13. The number of methoxy groups -OCH3 is 1. The summed E-state index contributed by atoms with van der Waals surface area (Å²) < 4.78 is 6.63. The van der Waals surface area contributed by atoms with Crippen LogP contribution in [0, 0.1) is 6.92 Å². The van der Waals surface area contributed by atoms with Crippen LogP contribution in [-0.4, -0.2) is 51.6 Å². The van der Waals surface area contributed by atoms with Crippen LogP contribution in [0.3, 0.4) is 0 Å². The predicted octanol–water partition coefficient (Wildman–Crippen LogP) is 1.21. The molecule has 1 atom stereocenters. The summed E-state index contributed by atoms with van der Waals surface area (Å²) in [5.74, 6) is 0.175. The highest BCUT2D eigenvalue weighted by atomic mass is 32.2. The Hall–Kier alpha value is -1.93. The second-order valence-electron chi connectivity index (χ2n) is 4.87. The molecule has 0 aliphatic rings. The summed E-state index contributed by atoms with van der Waals surface area (Å²) in [6.07, 6.45) is 0. The molecular formula is C14H19N5O2S. The largest absolute Gasteiger partial charge is 0.383 e. The standard InChI is InChI=1S/C14H19N5O2S/c1-10-6-4-5-7-12(10)19-14(16-17-18-19)22-9-13(20)15-11(2)8-21-3/h4-7,11H,8-9H2,1-3H3,(H,15,20)/t11-/m0/s1.